The highest BCUT2D eigenvalue weighted by Gasteiger charge is 2.16. The van der Waals surface area contributed by atoms with Crippen LogP contribution in [0.5, 0.6) is 0 Å². The molecule has 1 N–H and O–H groups in total. The van der Waals surface area contributed by atoms with E-state index in [9.17, 15) is 4.79 Å². The fourth-order valence-corrected chi connectivity index (χ4v) is 3.00. The maximum Gasteiger partial charge on any atom is 0.194 e. The van der Waals surface area contributed by atoms with Crippen LogP contribution in [0.15, 0.2) is 23.0 Å². The molecule has 1 aliphatic heterocycles. The Balaban J connectivity index is 2.05. The SMILES string of the molecule is CCc1cccc2c(=O)c(CN3CCOCC3)c(C)[nH]c12. The largest absolute Gasteiger partial charge is 0.379 e. The number of ether oxygens (including phenoxy) is 1. The lowest BCUT2D eigenvalue weighted by atomic mass is 10.0. The van der Waals surface area contributed by atoms with E-state index in [0.717, 1.165) is 54.9 Å². The second-order valence-electron chi connectivity index (χ2n) is 5.64. The van der Waals surface area contributed by atoms with E-state index in [0.29, 0.717) is 6.54 Å². The normalized spacial score (nSPS) is 16.5. The molecule has 0 saturated carbocycles. The molecule has 1 aromatic heterocycles. The number of aromatic amines is 1. The maximum atomic E-state index is 12.8. The van der Waals surface area contributed by atoms with Gasteiger partial charge in [0.15, 0.2) is 5.43 Å². The van der Waals surface area contributed by atoms with Gasteiger partial charge in [-0.2, -0.15) is 0 Å². The summed E-state index contributed by atoms with van der Waals surface area (Å²) in [5.41, 5.74) is 4.24. The number of aromatic nitrogens is 1. The van der Waals surface area contributed by atoms with Crippen molar-refractivity contribution in [2.75, 3.05) is 26.3 Å². The summed E-state index contributed by atoms with van der Waals surface area (Å²) in [5.74, 6) is 0. The molecule has 0 aliphatic carbocycles. The summed E-state index contributed by atoms with van der Waals surface area (Å²) in [6.07, 6.45) is 0.926. The van der Waals surface area contributed by atoms with E-state index in [-0.39, 0.29) is 5.43 Å². The fourth-order valence-electron chi connectivity index (χ4n) is 3.00. The lowest BCUT2D eigenvalue weighted by Gasteiger charge is -2.27. The van der Waals surface area contributed by atoms with Gasteiger partial charge in [0.2, 0.25) is 0 Å². The Hall–Kier alpha value is -1.65. The molecule has 1 aromatic carbocycles. The summed E-state index contributed by atoms with van der Waals surface area (Å²) in [6.45, 7) is 8.12. The van der Waals surface area contributed by atoms with Gasteiger partial charge >= 0.3 is 0 Å². The van der Waals surface area contributed by atoms with Crippen LogP contribution < -0.4 is 5.43 Å². The molecule has 1 aliphatic rings. The van der Waals surface area contributed by atoms with E-state index < -0.39 is 0 Å². The van der Waals surface area contributed by atoms with Gasteiger partial charge in [0.1, 0.15) is 0 Å². The molecule has 0 atom stereocenters. The van der Waals surface area contributed by atoms with E-state index >= 15 is 0 Å². The van der Waals surface area contributed by atoms with Crippen molar-refractivity contribution in [2.45, 2.75) is 26.8 Å². The number of benzene rings is 1. The Morgan fingerprint density at radius 3 is 2.76 bits per heavy atom. The maximum absolute atomic E-state index is 12.8. The third-order valence-electron chi connectivity index (χ3n) is 4.30. The van der Waals surface area contributed by atoms with E-state index in [1.165, 1.54) is 5.56 Å². The number of hydrogen-bond donors (Lipinski definition) is 1. The summed E-state index contributed by atoms with van der Waals surface area (Å²) in [7, 11) is 0. The fraction of sp³-hybridized carbons (Fsp3) is 0.471. The van der Waals surface area contributed by atoms with Crippen LogP contribution in [-0.4, -0.2) is 36.2 Å². The van der Waals surface area contributed by atoms with Crippen LogP contribution in [-0.2, 0) is 17.7 Å². The molecule has 0 spiro atoms. The summed E-state index contributed by atoms with van der Waals surface area (Å²) in [5, 5.41) is 0.809. The van der Waals surface area contributed by atoms with Gasteiger partial charge in [-0.1, -0.05) is 19.1 Å². The third kappa shape index (κ3) is 2.74. The van der Waals surface area contributed by atoms with Crippen LogP contribution in [0.2, 0.25) is 0 Å². The molecule has 0 radical (unpaired) electrons. The minimum Gasteiger partial charge on any atom is -0.379 e. The molecule has 4 nitrogen and oxygen atoms in total. The first-order chi connectivity index (χ1) is 10.2. The summed E-state index contributed by atoms with van der Waals surface area (Å²) in [6, 6.07) is 5.99. The van der Waals surface area contributed by atoms with Gasteiger partial charge in [0, 0.05) is 36.3 Å². The van der Waals surface area contributed by atoms with E-state index in [2.05, 4.69) is 22.9 Å². The molecule has 21 heavy (non-hydrogen) atoms. The number of fused-ring (bicyclic) bond motifs is 1. The number of H-pyrrole nitrogens is 1. The zero-order valence-electron chi connectivity index (χ0n) is 12.7. The Labute approximate surface area is 124 Å². The second-order valence-corrected chi connectivity index (χ2v) is 5.64. The Kier molecular flexibility index (Phi) is 4.08. The molecule has 2 aromatic rings. The molecule has 0 amide bonds. The summed E-state index contributed by atoms with van der Waals surface area (Å²) < 4.78 is 5.37. The molecule has 0 unspecified atom stereocenters. The van der Waals surface area contributed by atoms with Crippen molar-refractivity contribution in [3.63, 3.8) is 0 Å². The van der Waals surface area contributed by atoms with Crippen molar-refractivity contribution in [1.29, 1.82) is 0 Å². The first-order valence-corrected chi connectivity index (χ1v) is 7.64. The van der Waals surface area contributed by atoms with Crippen molar-refractivity contribution in [1.82, 2.24) is 9.88 Å². The number of aryl methyl sites for hydroxylation is 2. The molecule has 0 bridgehead atoms. The van der Waals surface area contributed by atoms with E-state index in [1.54, 1.807) is 0 Å². The Morgan fingerprint density at radius 1 is 1.29 bits per heavy atom. The van der Waals surface area contributed by atoms with Gasteiger partial charge < -0.3 is 9.72 Å². The van der Waals surface area contributed by atoms with Crippen LogP contribution in [0.1, 0.15) is 23.7 Å². The first kappa shape index (κ1) is 14.3. The Morgan fingerprint density at radius 2 is 2.05 bits per heavy atom. The van der Waals surface area contributed by atoms with Crippen LogP contribution >= 0.6 is 0 Å². The second kappa shape index (κ2) is 6.00. The van der Waals surface area contributed by atoms with Gasteiger partial charge in [-0.05, 0) is 25.0 Å². The molecule has 1 saturated heterocycles. The highest BCUT2D eigenvalue weighted by molar-refractivity contribution is 5.82. The lowest BCUT2D eigenvalue weighted by Crippen LogP contribution is -2.37. The molecule has 3 rings (SSSR count). The third-order valence-corrected chi connectivity index (χ3v) is 4.30. The standard InChI is InChI=1S/C17H22N2O2/c1-3-13-5-4-6-14-16(13)18-12(2)15(17(14)20)11-19-7-9-21-10-8-19/h4-6H,3,7-11H2,1-2H3,(H,18,20). The van der Waals surface area contributed by atoms with Crippen molar-refractivity contribution >= 4 is 10.9 Å². The minimum atomic E-state index is 0.169. The Bertz CT molecular complexity index is 700. The van der Waals surface area contributed by atoms with E-state index in [1.807, 2.05) is 19.1 Å². The minimum absolute atomic E-state index is 0.169. The quantitative estimate of drug-likeness (QED) is 0.941. The number of pyridine rings is 1. The first-order valence-electron chi connectivity index (χ1n) is 7.64. The highest BCUT2D eigenvalue weighted by Crippen LogP contribution is 2.17. The van der Waals surface area contributed by atoms with Crippen molar-refractivity contribution in [3.05, 3.63) is 45.2 Å². The molecule has 1 fully saturated rings. The predicted octanol–water partition coefficient (Wildman–Crippen LogP) is 2.23. The van der Waals surface area contributed by atoms with Crippen LogP contribution in [0, 0.1) is 6.92 Å². The number of rotatable bonds is 3. The van der Waals surface area contributed by atoms with Gasteiger partial charge in [-0.3, -0.25) is 9.69 Å². The molecular weight excluding hydrogens is 264 g/mol. The van der Waals surface area contributed by atoms with Crippen molar-refractivity contribution < 1.29 is 4.74 Å². The zero-order chi connectivity index (χ0) is 14.8. The topological polar surface area (TPSA) is 45.3 Å². The van der Waals surface area contributed by atoms with E-state index in [4.69, 9.17) is 4.74 Å². The number of nitrogens with zero attached hydrogens (tertiary/aromatic N) is 1. The molecule has 2 heterocycles. The smallest absolute Gasteiger partial charge is 0.194 e. The zero-order valence-corrected chi connectivity index (χ0v) is 12.7. The molecule has 112 valence electrons. The monoisotopic (exact) mass is 286 g/mol. The number of morpholine rings is 1. The summed E-state index contributed by atoms with van der Waals surface area (Å²) >= 11 is 0. The number of para-hydroxylation sites is 1. The van der Waals surface area contributed by atoms with Gasteiger partial charge in [0.25, 0.3) is 0 Å². The van der Waals surface area contributed by atoms with Gasteiger partial charge in [-0.25, -0.2) is 0 Å². The van der Waals surface area contributed by atoms with Crippen LogP contribution in [0.4, 0.5) is 0 Å². The van der Waals surface area contributed by atoms with Crippen molar-refractivity contribution in [2.24, 2.45) is 0 Å². The van der Waals surface area contributed by atoms with Crippen LogP contribution in [0.25, 0.3) is 10.9 Å². The predicted molar refractivity (Wildman–Crippen MR) is 84.8 cm³/mol. The average molecular weight is 286 g/mol. The lowest BCUT2D eigenvalue weighted by molar-refractivity contribution is 0.0339. The molecule has 4 heteroatoms. The number of nitrogens with one attached hydrogen (secondary N) is 1. The highest BCUT2D eigenvalue weighted by atomic mass is 16.5. The number of hydrogen-bond acceptors (Lipinski definition) is 3. The average Bonchev–Trinajstić information content (AvgIpc) is 2.52. The summed E-state index contributed by atoms with van der Waals surface area (Å²) in [4.78, 5) is 18.6. The van der Waals surface area contributed by atoms with Crippen molar-refractivity contribution in [3.8, 4) is 0 Å². The van der Waals surface area contributed by atoms with Crippen LogP contribution in [0.3, 0.4) is 0 Å². The van der Waals surface area contributed by atoms with Gasteiger partial charge in [-0.15, -0.1) is 0 Å². The molecular formula is C17H22N2O2. The van der Waals surface area contributed by atoms with Gasteiger partial charge in [0.05, 0.1) is 18.7 Å².